The Morgan fingerprint density at radius 3 is 2.15 bits per heavy atom. The van der Waals surface area contributed by atoms with Crippen molar-refractivity contribution in [1.29, 1.82) is 0 Å². The van der Waals surface area contributed by atoms with Crippen molar-refractivity contribution in [1.82, 2.24) is 40.4 Å². The van der Waals surface area contributed by atoms with E-state index in [1.807, 2.05) is 93.3 Å². The smallest absolute Gasteiger partial charge is 0.408 e. The zero-order valence-corrected chi connectivity index (χ0v) is 40.4. The second-order valence-electron chi connectivity index (χ2n) is 21.0. The zero-order valence-electron chi connectivity index (χ0n) is 40.4. The van der Waals surface area contributed by atoms with Crippen LogP contribution < -0.4 is 10.6 Å². The van der Waals surface area contributed by atoms with Crippen molar-refractivity contribution in [3.05, 3.63) is 119 Å². The molecule has 4 N–H and O–H groups in total. The first-order chi connectivity index (χ1) is 34.1. The van der Waals surface area contributed by atoms with E-state index in [2.05, 4.69) is 20.6 Å². The van der Waals surface area contributed by atoms with Gasteiger partial charge in [0.05, 0.1) is 42.1 Å². The fourth-order valence-corrected chi connectivity index (χ4v) is 11.7. The lowest BCUT2D eigenvalue weighted by atomic mass is 9.95. The Labute approximate surface area is 410 Å². The van der Waals surface area contributed by atoms with Gasteiger partial charge in [-0.15, -0.1) is 0 Å². The second-order valence-corrected chi connectivity index (χ2v) is 21.0. The number of aromatic nitrogens is 4. The van der Waals surface area contributed by atoms with Gasteiger partial charge in [-0.2, -0.15) is 8.78 Å². The molecule has 14 nitrogen and oxygen atoms in total. The molecule has 6 aromatic rings. The lowest BCUT2D eigenvalue weighted by Crippen LogP contribution is -2.54. The monoisotopic (exact) mass is 964 g/mol. The van der Waals surface area contributed by atoms with E-state index in [9.17, 15) is 19.2 Å². The summed E-state index contributed by atoms with van der Waals surface area (Å²) in [6, 6.07) is 23.1. The predicted octanol–water partition coefficient (Wildman–Crippen LogP) is 10.2. The summed E-state index contributed by atoms with van der Waals surface area (Å²) in [7, 11) is 1.27. The summed E-state index contributed by atoms with van der Waals surface area (Å²) in [5, 5.41) is 5.56. The number of alkyl halides is 2. The SMILES string of the molecule is COC(=O)NC(C(=O)N1CC2(CC2)CC1c1ncc(-c2ccc3c(c2)C(F)(F)c2cc(-c4ccc5nc([C@@H]6C7CCC(C7)N6C(=O)[C@@H](NC(=O)OCc6ccccc6)C(C)C)[nH]c5c4)ccc2-3)[nH]1)C(C)C. The number of piperidine rings is 1. The molecule has 16 heteroatoms. The van der Waals surface area contributed by atoms with Crippen molar-refractivity contribution in [2.75, 3.05) is 13.7 Å². The number of hydrogen-bond donors (Lipinski definition) is 4. The quantitative estimate of drug-likeness (QED) is 0.0938. The number of aromatic amines is 2. The van der Waals surface area contributed by atoms with Crippen LogP contribution in [0.2, 0.25) is 0 Å². The maximum Gasteiger partial charge on any atom is 0.408 e. The number of ether oxygens (including phenoxy) is 2. The van der Waals surface area contributed by atoms with E-state index < -0.39 is 30.2 Å². The number of amides is 4. The number of alkyl carbamates (subject to hydrolysis) is 2. The highest BCUT2D eigenvalue weighted by Gasteiger charge is 2.56. The van der Waals surface area contributed by atoms with Crippen LogP contribution >= 0.6 is 0 Å². The first-order valence-corrected chi connectivity index (χ1v) is 24.8. The molecule has 4 aromatic carbocycles. The summed E-state index contributed by atoms with van der Waals surface area (Å²) >= 11 is 0. The molecule has 0 radical (unpaired) electrons. The molecule has 2 saturated heterocycles. The van der Waals surface area contributed by atoms with Gasteiger partial charge in [0, 0.05) is 29.3 Å². The van der Waals surface area contributed by atoms with Crippen molar-refractivity contribution in [3.8, 4) is 33.5 Å². The molecule has 4 amide bonds. The third kappa shape index (κ3) is 8.28. The van der Waals surface area contributed by atoms with Crippen LogP contribution in [0, 0.1) is 23.2 Å². The second kappa shape index (κ2) is 17.6. The van der Waals surface area contributed by atoms with E-state index in [1.165, 1.54) is 13.2 Å². The number of carbonyl (C=O) groups is 4. The molecule has 2 aromatic heterocycles. The fourth-order valence-electron chi connectivity index (χ4n) is 11.7. The van der Waals surface area contributed by atoms with Crippen LogP contribution in [0.15, 0.2) is 91.1 Å². The van der Waals surface area contributed by atoms with Gasteiger partial charge in [-0.25, -0.2) is 19.6 Å². The normalized spacial score (nSPS) is 21.9. The van der Waals surface area contributed by atoms with Crippen molar-refractivity contribution >= 4 is 35.0 Å². The molecule has 71 heavy (non-hydrogen) atoms. The van der Waals surface area contributed by atoms with Crippen LogP contribution in [-0.4, -0.2) is 85.5 Å². The number of benzene rings is 4. The Bertz CT molecular complexity index is 3070. The van der Waals surface area contributed by atoms with E-state index >= 15 is 8.78 Å². The van der Waals surface area contributed by atoms with Gasteiger partial charge in [-0.05, 0) is 114 Å². The van der Waals surface area contributed by atoms with Gasteiger partial charge in [0.2, 0.25) is 11.8 Å². The summed E-state index contributed by atoms with van der Waals surface area (Å²) in [6.07, 6.45) is 5.71. The topological polar surface area (TPSA) is 175 Å². The van der Waals surface area contributed by atoms with E-state index in [-0.39, 0.29) is 70.8 Å². The number of likely N-dealkylation sites (tertiary alicyclic amines) is 2. The maximum atomic E-state index is 16.8. The van der Waals surface area contributed by atoms with E-state index in [0.29, 0.717) is 51.7 Å². The van der Waals surface area contributed by atoms with Gasteiger partial charge in [0.15, 0.2) is 0 Å². The summed E-state index contributed by atoms with van der Waals surface area (Å²) in [4.78, 5) is 73.9. The van der Waals surface area contributed by atoms with E-state index in [4.69, 9.17) is 19.4 Å². The minimum absolute atomic E-state index is 0.00581. The number of imidazole rings is 2. The van der Waals surface area contributed by atoms with Crippen LogP contribution in [0.3, 0.4) is 0 Å². The van der Waals surface area contributed by atoms with Gasteiger partial charge in [-0.1, -0.05) is 88.4 Å². The number of nitrogens with one attached hydrogen (secondary N) is 4. The lowest BCUT2D eigenvalue weighted by Gasteiger charge is -2.37. The van der Waals surface area contributed by atoms with Crippen LogP contribution in [0.5, 0.6) is 0 Å². The van der Waals surface area contributed by atoms with Crippen LogP contribution in [0.4, 0.5) is 18.4 Å². The Morgan fingerprint density at radius 2 is 1.45 bits per heavy atom. The first-order valence-electron chi connectivity index (χ1n) is 24.8. The highest BCUT2D eigenvalue weighted by molar-refractivity contribution is 5.89. The molecular formula is C55H58F2N8O6. The largest absolute Gasteiger partial charge is 0.453 e. The molecule has 4 heterocycles. The Hall–Kier alpha value is -7.10. The number of H-pyrrole nitrogens is 2. The summed E-state index contributed by atoms with van der Waals surface area (Å²) in [6.45, 7) is 8.21. The van der Waals surface area contributed by atoms with Crippen LogP contribution in [0.25, 0.3) is 44.5 Å². The summed E-state index contributed by atoms with van der Waals surface area (Å²) in [5.41, 5.74) is 5.49. The third-order valence-electron chi connectivity index (χ3n) is 15.7. The van der Waals surface area contributed by atoms with Crippen molar-refractivity contribution in [3.63, 3.8) is 0 Å². The first kappa shape index (κ1) is 46.3. The average molecular weight is 965 g/mol. The number of fused-ring (bicyclic) bond motifs is 6. The molecule has 11 rings (SSSR count). The molecule has 3 aliphatic carbocycles. The number of hydrogen-bond acceptors (Lipinski definition) is 8. The molecule has 2 saturated carbocycles. The molecular weight excluding hydrogens is 907 g/mol. The van der Waals surface area contributed by atoms with E-state index in [1.54, 1.807) is 29.3 Å². The summed E-state index contributed by atoms with van der Waals surface area (Å²) < 4.78 is 43.8. The van der Waals surface area contributed by atoms with Crippen molar-refractivity contribution < 1.29 is 37.4 Å². The number of methoxy groups -OCH3 is 1. The zero-order chi connectivity index (χ0) is 49.5. The standard InChI is InChI=1S/C55H58F2N8O6/c1-29(2)45(62-52(68)70-5)50(66)64-28-54(19-20-54)25-44(64)48-58-26-43(61-48)34-13-17-38-37-16-12-32(22-39(37)55(56,57)40(38)23-34)33-14-18-41-42(24-33)60-49(59-41)47-35-11-15-36(21-35)65(47)51(67)46(30(3)4)63-53(69)71-27-31-9-7-6-8-10-31/h6-10,12-14,16-18,22-24,26,29-30,35-36,44-47H,11,15,19-21,25,27-28H2,1-5H3,(H,58,61)(H,59,60)(H,62,68)(H,63,69)/t35?,36?,44?,45?,46-,47-/m0/s1. The minimum Gasteiger partial charge on any atom is -0.453 e. The number of carbonyl (C=O) groups excluding carboxylic acids is 4. The lowest BCUT2D eigenvalue weighted by molar-refractivity contribution is -0.139. The number of nitrogens with zero attached hydrogens (tertiary/aromatic N) is 4. The molecule has 4 fully saturated rings. The third-order valence-corrected chi connectivity index (χ3v) is 15.7. The highest BCUT2D eigenvalue weighted by atomic mass is 19.3. The molecule has 368 valence electrons. The Balaban J connectivity index is 0.814. The Morgan fingerprint density at radius 1 is 0.789 bits per heavy atom. The molecule has 5 aliphatic rings. The van der Waals surface area contributed by atoms with Gasteiger partial charge >= 0.3 is 12.2 Å². The van der Waals surface area contributed by atoms with Crippen LogP contribution in [0.1, 0.15) is 107 Å². The van der Waals surface area contributed by atoms with Gasteiger partial charge in [0.1, 0.15) is 30.3 Å². The molecule has 2 aliphatic heterocycles. The number of halogens is 2. The van der Waals surface area contributed by atoms with Crippen LogP contribution in [-0.2, 0) is 31.6 Å². The van der Waals surface area contributed by atoms with E-state index in [0.717, 1.165) is 55.2 Å². The summed E-state index contributed by atoms with van der Waals surface area (Å²) in [5.74, 6) is -2.62. The molecule has 4 unspecified atom stereocenters. The molecule has 1 spiro atoms. The van der Waals surface area contributed by atoms with Gasteiger partial charge < -0.3 is 39.9 Å². The Kier molecular flexibility index (Phi) is 11.5. The minimum atomic E-state index is -3.30. The highest BCUT2D eigenvalue weighted by Crippen LogP contribution is 2.59. The maximum absolute atomic E-state index is 16.8. The van der Waals surface area contributed by atoms with Crippen molar-refractivity contribution in [2.24, 2.45) is 23.2 Å². The van der Waals surface area contributed by atoms with Gasteiger partial charge in [-0.3, -0.25) is 9.59 Å². The molecule has 2 bridgehead atoms. The fraction of sp³-hybridized carbons (Fsp3) is 0.418. The molecule has 6 atom stereocenters. The predicted molar refractivity (Wildman–Crippen MR) is 262 cm³/mol. The van der Waals surface area contributed by atoms with Crippen molar-refractivity contribution in [2.45, 2.75) is 109 Å². The number of rotatable bonds is 12. The average Bonchev–Trinajstić information content (AvgIpc) is 4.03. The van der Waals surface area contributed by atoms with Gasteiger partial charge in [0.25, 0.3) is 5.92 Å².